The minimum atomic E-state index is 0.548. The van der Waals surface area contributed by atoms with E-state index < -0.39 is 0 Å². The number of hydrogen-bond donors (Lipinski definition) is 1. The second-order valence-corrected chi connectivity index (χ2v) is 5.18. The molecule has 1 heterocycles. The summed E-state index contributed by atoms with van der Waals surface area (Å²) in [6.45, 7) is 5.08. The number of furan rings is 1. The fourth-order valence-corrected chi connectivity index (χ4v) is 1.98. The maximum absolute atomic E-state index is 5.35. The molecule has 2 nitrogen and oxygen atoms in total. The zero-order chi connectivity index (χ0) is 12.3. The largest absolute Gasteiger partial charge is 0.466 e. The molecule has 0 amide bonds. The third kappa shape index (κ3) is 3.13. The normalized spacial score (nSPS) is 10.8. The first-order chi connectivity index (χ1) is 8.16. The molecule has 90 valence electrons. The van der Waals surface area contributed by atoms with Gasteiger partial charge in [0, 0.05) is 5.69 Å². The molecule has 0 unspecified atom stereocenters. The Morgan fingerprint density at radius 2 is 2.12 bits per heavy atom. The molecule has 2 aromatic rings. The molecule has 0 aliphatic rings. The minimum absolute atomic E-state index is 0.548. The van der Waals surface area contributed by atoms with Gasteiger partial charge in [-0.2, -0.15) is 0 Å². The predicted molar refractivity (Wildman–Crippen MR) is 74.3 cm³/mol. The second-order valence-electron chi connectivity index (χ2n) is 4.33. The van der Waals surface area contributed by atoms with Crippen molar-refractivity contribution >= 4 is 21.6 Å². The van der Waals surface area contributed by atoms with Gasteiger partial charge >= 0.3 is 0 Å². The van der Waals surface area contributed by atoms with Gasteiger partial charge in [0.2, 0.25) is 0 Å². The van der Waals surface area contributed by atoms with E-state index in [-0.39, 0.29) is 0 Å². The third-order valence-corrected chi connectivity index (χ3v) is 3.40. The molecule has 2 rings (SSSR count). The number of rotatable bonds is 4. The number of nitrogens with one attached hydrogen (secondary N) is 1. The van der Waals surface area contributed by atoms with Crippen molar-refractivity contribution in [1.82, 2.24) is 0 Å². The Morgan fingerprint density at radius 3 is 2.76 bits per heavy atom. The van der Waals surface area contributed by atoms with Crippen LogP contribution in [-0.2, 0) is 6.54 Å². The Bertz CT molecular complexity index is 490. The van der Waals surface area contributed by atoms with E-state index in [1.54, 1.807) is 6.26 Å². The summed E-state index contributed by atoms with van der Waals surface area (Å²) in [4.78, 5) is 0. The first-order valence-corrected chi connectivity index (χ1v) is 6.52. The van der Waals surface area contributed by atoms with E-state index >= 15 is 0 Å². The van der Waals surface area contributed by atoms with Gasteiger partial charge in [-0.3, -0.25) is 0 Å². The average Bonchev–Trinajstić information content (AvgIpc) is 2.72. The van der Waals surface area contributed by atoms with Crippen LogP contribution in [0, 0.1) is 0 Å². The topological polar surface area (TPSA) is 25.2 Å². The Kier molecular flexibility index (Phi) is 3.89. The summed E-state index contributed by atoms with van der Waals surface area (Å²) in [5.41, 5.74) is 2.47. The fraction of sp³-hybridized carbons (Fsp3) is 0.286. The second kappa shape index (κ2) is 5.41. The lowest BCUT2D eigenvalue weighted by Gasteiger charge is -2.09. The molecule has 0 radical (unpaired) electrons. The van der Waals surface area contributed by atoms with Gasteiger partial charge in [0.25, 0.3) is 0 Å². The van der Waals surface area contributed by atoms with Crippen LogP contribution in [-0.4, -0.2) is 0 Å². The Labute approximate surface area is 110 Å². The summed E-state index contributed by atoms with van der Waals surface area (Å²) in [7, 11) is 0. The SMILES string of the molecule is CC(C)c1cccc(NCc2occc2Br)c1. The van der Waals surface area contributed by atoms with Gasteiger partial charge in [-0.25, -0.2) is 0 Å². The zero-order valence-corrected chi connectivity index (χ0v) is 11.6. The van der Waals surface area contributed by atoms with Crippen molar-refractivity contribution < 1.29 is 4.42 Å². The van der Waals surface area contributed by atoms with Gasteiger partial charge in [0.1, 0.15) is 5.76 Å². The molecule has 0 bridgehead atoms. The van der Waals surface area contributed by atoms with Crippen LogP contribution in [0.4, 0.5) is 5.69 Å². The predicted octanol–water partition coefficient (Wildman–Crippen LogP) is 4.78. The molecule has 17 heavy (non-hydrogen) atoms. The summed E-state index contributed by atoms with van der Waals surface area (Å²) in [5.74, 6) is 1.46. The maximum Gasteiger partial charge on any atom is 0.136 e. The van der Waals surface area contributed by atoms with Gasteiger partial charge in [0.15, 0.2) is 0 Å². The smallest absolute Gasteiger partial charge is 0.136 e. The molecular formula is C14H16BrNO. The Balaban J connectivity index is 2.04. The van der Waals surface area contributed by atoms with E-state index in [1.807, 2.05) is 6.07 Å². The van der Waals surface area contributed by atoms with E-state index in [0.717, 1.165) is 15.9 Å². The molecule has 0 saturated carbocycles. The van der Waals surface area contributed by atoms with E-state index in [0.29, 0.717) is 12.5 Å². The summed E-state index contributed by atoms with van der Waals surface area (Å²) in [5, 5.41) is 3.36. The monoisotopic (exact) mass is 293 g/mol. The minimum Gasteiger partial charge on any atom is -0.466 e. The molecule has 1 N–H and O–H groups in total. The quantitative estimate of drug-likeness (QED) is 0.878. The van der Waals surface area contributed by atoms with E-state index in [1.165, 1.54) is 5.56 Å². The van der Waals surface area contributed by atoms with Crippen molar-refractivity contribution in [2.45, 2.75) is 26.3 Å². The molecule has 0 aliphatic heterocycles. The highest BCUT2D eigenvalue weighted by atomic mass is 79.9. The summed E-state index contributed by atoms with van der Waals surface area (Å²) < 4.78 is 6.36. The van der Waals surface area contributed by atoms with Crippen molar-refractivity contribution in [2.24, 2.45) is 0 Å². The summed E-state index contributed by atoms with van der Waals surface area (Å²) in [6.07, 6.45) is 1.69. The zero-order valence-electron chi connectivity index (χ0n) is 10.0. The van der Waals surface area contributed by atoms with Crippen LogP contribution in [0.2, 0.25) is 0 Å². The highest BCUT2D eigenvalue weighted by Gasteiger charge is 2.04. The van der Waals surface area contributed by atoms with Crippen LogP contribution < -0.4 is 5.32 Å². The maximum atomic E-state index is 5.35. The van der Waals surface area contributed by atoms with Crippen molar-refractivity contribution in [2.75, 3.05) is 5.32 Å². The Hall–Kier alpha value is -1.22. The highest BCUT2D eigenvalue weighted by molar-refractivity contribution is 9.10. The standard InChI is InChI=1S/C14H16BrNO/c1-10(2)11-4-3-5-12(8-11)16-9-14-13(15)6-7-17-14/h3-8,10,16H,9H2,1-2H3. The molecule has 1 aromatic heterocycles. The van der Waals surface area contributed by atoms with Crippen LogP contribution in [0.3, 0.4) is 0 Å². The Morgan fingerprint density at radius 1 is 1.29 bits per heavy atom. The van der Waals surface area contributed by atoms with Crippen molar-refractivity contribution in [1.29, 1.82) is 0 Å². The molecule has 0 saturated heterocycles. The molecule has 0 fully saturated rings. The van der Waals surface area contributed by atoms with Crippen LogP contribution in [0.15, 0.2) is 45.5 Å². The number of benzene rings is 1. The summed E-state index contributed by atoms with van der Waals surface area (Å²) in [6, 6.07) is 10.4. The van der Waals surface area contributed by atoms with Crippen LogP contribution >= 0.6 is 15.9 Å². The average molecular weight is 294 g/mol. The van der Waals surface area contributed by atoms with Gasteiger partial charge in [0.05, 0.1) is 17.3 Å². The lowest BCUT2D eigenvalue weighted by molar-refractivity contribution is 0.516. The fourth-order valence-electron chi connectivity index (χ4n) is 1.64. The number of anilines is 1. The summed E-state index contributed by atoms with van der Waals surface area (Å²) >= 11 is 3.44. The van der Waals surface area contributed by atoms with Gasteiger partial charge in [-0.15, -0.1) is 0 Å². The van der Waals surface area contributed by atoms with E-state index in [9.17, 15) is 0 Å². The lowest BCUT2D eigenvalue weighted by atomic mass is 10.0. The van der Waals surface area contributed by atoms with Crippen molar-refractivity contribution in [3.8, 4) is 0 Å². The van der Waals surface area contributed by atoms with E-state index in [4.69, 9.17) is 4.42 Å². The molecule has 0 spiro atoms. The lowest BCUT2D eigenvalue weighted by Crippen LogP contribution is -1.99. The first-order valence-electron chi connectivity index (χ1n) is 5.72. The molecule has 1 aromatic carbocycles. The third-order valence-electron chi connectivity index (χ3n) is 2.70. The van der Waals surface area contributed by atoms with Crippen molar-refractivity contribution in [3.63, 3.8) is 0 Å². The van der Waals surface area contributed by atoms with Crippen molar-refractivity contribution in [3.05, 3.63) is 52.4 Å². The van der Waals surface area contributed by atoms with E-state index in [2.05, 4.69) is 59.4 Å². The molecule has 0 aliphatic carbocycles. The first kappa shape index (κ1) is 12.2. The van der Waals surface area contributed by atoms with Gasteiger partial charge in [-0.1, -0.05) is 26.0 Å². The van der Waals surface area contributed by atoms with Gasteiger partial charge < -0.3 is 9.73 Å². The number of halogens is 1. The highest BCUT2D eigenvalue weighted by Crippen LogP contribution is 2.21. The van der Waals surface area contributed by atoms with Crippen LogP contribution in [0.5, 0.6) is 0 Å². The molecular weight excluding hydrogens is 278 g/mol. The molecule has 3 heteroatoms. The van der Waals surface area contributed by atoms with Gasteiger partial charge in [-0.05, 0) is 45.6 Å². The van der Waals surface area contributed by atoms with Crippen LogP contribution in [0.25, 0.3) is 0 Å². The number of hydrogen-bond acceptors (Lipinski definition) is 2. The molecule has 0 atom stereocenters. The van der Waals surface area contributed by atoms with Crippen LogP contribution in [0.1, 0.15) is 31.1 Å².